The van der Waals surface area contributed by atoms with Crippen molar-refractivity contribution < 1.29 is 93.8 Å². The molecule has 0 aliphatic carbocycles. The number of methoxy groups -OCH3 is 2. The van der Waals surface area contributed by atoms with Crippen LogP contribution in [0.15, 0.2) is 63.8 Å². The van der Waals surface area contributed by atoms with Crippen molar-refractivity contribution in [2.24, 2.45) is 0 Å². The number of phenols is 3. The van der Waals surface area contributed by atoms with Crippen LogP contribution < -0.4 is 24.4 Å². The van der Waals surface area contributed by atoms with Gasteiger partial charge in [0.2, 0.25) is 35.1 Å². The van der Waals surface area contributed by atoms with Crippen molar-refractivity contribution in [3.63, 3.8) is 0 Å². The number of phenolic OH excluding ortho intramolecular Hbond substituents is 3. The van der Waals surface area contributed by atoms with Crippen LogP contribution in [0, 0.1) is 0 Å². The Morgan fingerprint density at radius 3 is 2.03 bits per heavy atom. The first-order valence-electron chi connectivity index (χ1n) is 17.4. The molecule has 58 heavy (non-hydrogen) atoms. The van der Waals surface area contributed by atoms with Gasteiger partial charge in [0.15, 0.2) is 23.0 Å². The van der Waals surface area contributed by atoms with E-state index in [0.717, 1.165) is 24.3 Å². The number of benzene rings is 3. The summed E-state index contributed by atoms with van der Waals surface area (Å²) < 4.78 is 38.7. The normalized spacial score (nSPS) is 28.7. The fraction of sp³-hybridized carbons (Fsp3) is 0.368. The van der Waals surface area contributed by atoms with Crippen molar-refractivity contribution in [3.05, 3.63) is 70.4 Å². The minimum Gasteiger partial charge on any atom is -0.508 e. The highest BCUT2D eigenvalue weighted by Crippen LogP contribution is 2.41. The lowest BCUT2D eigenvalue weighted by molar-refractivity contribution is -0.307. The van der Waals surface area contributed by atoms with Crippen molar-refractivity contribution in [1.29, 1.82) is 0 Å². The molecular formula is C38H40O20. The van der Waals surface area contributed by atoms with E-state index in [-0.39, 0.29) is 39.7 Å². The summed E-state index contributed by atoms with van der Waals surface area (Å²) >= 11 is 0. The van der Waals surface area contributed by atoms with Crippen molar-refractivity contribution in [1.82, 2.24) is 0 Å². The molecule has 312 valence electrons. The predicted octanol–water partition coefficient (Wildman–Crippen LogP) is -1.40. The zero-order chi connectivity index (χ0) is 42.2. The smallest absolute Gasteiger partial charge is 0.240 e. The molecule has 20 heteroatoms. The molecule has 1 aromatic heterocycles. The molecule has 2 unspecified atom stereocenters. The highest BCUT2D eigenvalue weighted by molar-refractivity contribution is 6.01. The lowest BCUT2D eigenvalue weighted by Gasteiger charge is -2.46. The Morgan fingerprint density at radius 1 is 0.810 bits per heavy atom. The van der Waals surface area contributed by atoms with E-state index in [1.54, 1.807) is 0 Å². The number of fused-ring (bicyclic) bond motifs is 1. The number of hydrogen-bond acceptors (Lipinski definition) is 20. The number of ketones is 1. The predicted molar refractivity (Wildman–Crippen MR) is 194 cm³/mol. The third kappa shape index (κ3) is 7.60. The third-order valence-corrected chi connectivity index (χ3v) is 9.68. The maximum Gasteiger partial charge on any atom is 0.240 e. The third-order valence-electron chi connectivity index (χ3n) is 9.68. The molecule has 2 aliphatic heterocycles. The molecule has 0 bridgehead atoms. The van der Waals surface area contributed by atoms with Gasteiger partial charge in [-0.3, -0.25) is 9.59 Å². The first-order chi connectivity index (χ1) is 27.6. The van der Waals surface area contributed by atoms with Gasteiger partial charge in [-0.2, -0.15) is 0 Å². The van der Waals surface area contributed by atoms with E-state index in [2.05, 4.69) is 0 Å². The molecule has 3 heterocycles. The lowest BCUT2D eigenvalue weighted by Crippen LogP contribution is -2.71. The highest BCUT2D eigenvalue weighted by atomic mass is 16.7. The number of ether oxygens (including phenoxy) is 6. The van der Waals surface area contributed by atoms with Gasteiger partial charge < -0.3 is 89.0 Å². The van der Waals surface area contributed by atoms with Crippen LogP contribution in [0.1, 0.15) is 5.56 Å². The van der Waals surface area contributed by atoms with E-state index in [1.165, 1.54) is 50.6 Å². The van der Waals surface area contributed by atoms with Crippen LogP contribution in [0.2, 0.25) is 0 Å². The largest absolute Gasteiger partial charge is 0.508 e. The van der Waals surface area contributed by atoms with Crippen LogP contribution in [0.25, 0.3) is 28.4 Å². The molecule has 10 atom stereocenters. The maximum absolute atomic E-state index is 14.1. The second-order valence-electron chi connectivity index (χ2n) is 13.3. The molecule has 20 nitrogen and oxygen atoms in total. The highest BCUT2D eigenvalue weighted by Gasteiger charge is 2.60. The van der Waals surface area contributed by atoms with E-state index in [0.29, 0.717) is 0 Å². The summed E-state index contributed by atoms with van der Waals surface area (Å²) in [5.41, 5.74) is -4.55. The average molecular weight is 817 g/mol. The summed E-state index contributed by atoms with van der Waals surface area (Å²) in [6, 6.07) is 9.57. The molecule has 2 fully saturated rings. The molecule has 3 aromatic carbocycles. The van der Waals surface area contributed by atoms with Gasteiger partial charge >= 0.3 is 0 Å². The first-order valence-corrected chi connectivity index (χ1v) is 17.4. The monoisotopic (exact) mass is 816 g/mol. The second kappa shape index (κ2) is 16.8. The summed E-state index contributed by atoms with van der Waals surface area (Å²) in [7, 11) is 2.53. The van der Waals surface area contributed by atoms with Crippen LogP contribution in [-0.2, 0) is 14.3 Å². The van der Waals surface area contributed by atoms with Gasteiger partial charge in [0.25, 0.3) is 0 Å². The minimum absolute atomic E-state index is 0.00178. The van der Waals surface area contributed by atoms with E-state index in [4.69, 9.17) is 32.8 Å². The first kappa shape index (κ1) is 42.1. The van der Waals surface area contributed by atoms with Crippen LogP contribution >= 0.6 is 0 Å². The summed E-state index contributed by atoms with van der Waals surface area (Å²) in [6.07, 6.45) is -14.6. The van der Waals surface area contributed by atoms with E-state index in [1.807, 2.05) is 0 Å². The Morgan fingerprint density at radius 2 is 1.43 bits per heavy atom. The molecule has 4 aromatic rings. The zero-order valence-electron chi connectivity index (χ0n) is 30.5. The Kier molecular flexibility index (Phi) is 12.2. The molecule has 0 amide bonds. The Labute approximate surface area is 326 Å². The van der Waals surface area contributed by atoms with Crippen LogP contribution in [0.5, 0.6) is 40.2 Å². The summed E-state index contributed by atoms with van der Waals surface area (Å²) in [4.78, 5) is 28.0. The molecule has 2 aliphatic rings. The summed E-state index contributed by atoms with van der Waals surface area (Å²) in [6.45, 7) is -1.68. The number of aliphatic hydroxyl groups is 8. The minimum atomic E-state index is -3.23. The average Bonchev–Trinajstić information content (AvgIpc) is 3.21. The lowest BCUT2D eigenvalue weighted by atomic mass is 9.82. The van der Waals surface area contributed by atoms with E-state index < -0.39 is 114 Å². The van der Waals surface area contributed by atoms with Gasteiger partial charge in [-0.25, -0.2) is 0 Å². The Hall–Kier alpha value is -5.52. The number of aliphatic hydroxyl groups excluding tert-OH is 7. The van der Waals surface area contributed by atoms with Crippen molar-refractivity contribution in [3.8, 4) is 51.6 Å². The fourth-order valence-electron chi connectivity index (χ4n) is 6.45. The summed E-state index contributed by atoms with van der Waals surface area (Å²) in [5, 5.41) is 115. The maximum atomic E-state index is 14.1. The van der Waals surface area contributed by atoms with Crippen LogP contribution in [-0.4, -0.2) is 150 Å². The van der Waals surface area contributed by atoms with Gasteiger partial charge in [0, 0.05) is 17.7 Å². The standard InChI is InChI=1S/C38H40O20/c1-52-21-9-15(10-22(53-2)27(21)44)3-8-25(43)38(51)35(50)29(46)24(14-40)57-37(38)58-34-30(47)26-19(42)11-17(41)12-20(26)55-33(34)16-4-6-18(7-5-16)54-36-32(49)31(48)28(45)23(13-39)56-36/h3-12,23-24,28-29,31-32,35-37,39-42,44-46,48-51H,13-14H2,1-2H3/t23-,24-,28-,29-,31+,32-,35+,36?,37?,38-/m1/s1. The number of carbonyl (C=O) groups excluding carboxylic acids is 1. The van der Waals surface area contributed by atoms with E-state index in [9.17, 15) is 65.8 Å². The molecule has 0 radical (unpaired) electrons. The summed E-state index contributed by atoms with van der Waals surface area (Å²) in [5.74, 6) is -4.40. The zero-order valence-corrected chi connectivity index (χ0v) is 30.5. The Balaban J connectivity index is 1.41. The topological polar surface area (TPSA) is 325 Å². The molecular weight excluding hydrogens is 776 g/mol. The number of hydrogen-bond donors (Lipinski definition) is 11. The van der Waals surface area contributed by atoms with Gasteiger partial charge in [-0.15, -0.1) is 0 Å². The van der Waals surface area contributed by atoms with Crippen molar-refractivity contribution in [2.75, 3.05) is 27.4 Å². The molecule has 11 N–H and O–H groups in total. The Bertz CT molecular complexity index is 2190. The van der Waals surface area contributed by atoms with Gasteiger partial charge in [0.1, 0.15) is 70.9 Å². The molecule has 0 spiro atoms. The molecule has 2 saturated heterocycles. The van der Waals surface area contributed by atoms with Gasteiger partial charge in [-0.1, -0.05) is 6.08 Å². The van der Waals surface area contributed by atoms with Crippen molar-refractivity contribution >= 4 is 22.8 Å². The molecule has 0 saturated carbocycles. The molecule has 6 rings (SSSR count). The van der Waals surface area contributed by atoms with Crippen LogP contribution in [0.4, 0.5) is 0 Å². The number of carbonyl (C=O) groups is 1. The van der Waals surface area contributed by atoms with Crippen molar-refractivity contribution in [2.45, 2.75) is 60.9 Å². The fourth-order valence-corrected chi connectivity index (χ4v) is 6.45. The van der Waals surface area contributed by atoms with Gasteiger partial charge in [0.05, 0.1) is 27.4 Å². The quantitative estimate of drug-likeness (QED) is 0.0733. The van der Waals surface area contributed by atoms with Gasteiger partial charge in [-0.05, 0) is 48.0 Å². The number of aromatic hydroxyl groups is 3. The van der Waals surface area contributed by atoms with E-state index >= 15 is 0 Å². The second-order valence-corrected chi connectivity index (χ2v) is 13.3. The van der Waals surface area contributed by atoms with Crippen LogP contribution in [0.3, 0.4) is 0 Å². The number of rotatable bonds is 12. The SMILES string of the molecule is COc1cc(C=CC(=O)[C@]2(O)C(Oc3c(-c4ccc(OC5O[C@H](CO)[C@@H](O)[C@H](O)[C@H]5O)cc4)oc4cc(O)cc(O)c4c3=O)O[C@H](CO)[C@@H](O)[C@@H]2O)cc(OC)c1O.